The molecule has 0 bridgehead atoms. The molecule has 2 saturated heterocycles. The molecule has 3 aliphatic heterocycles. The fraction of sp³-hybridized carbons (Fsp3) is 0.429. The number of nitrogens with one attached hydrogen (secondary N) is 1. The average Bonchev–Trinajstić information content (AvgIpc) is 3.16. The summed E-state index contributed by atoms with van der Waals surface area (Å²) in [5.74, 6) is -0.0507. The summed E-state index contributed by atoms with van der Waals surface area (Å²) in [7, 11) is 0. The first-order valence-corrected chi connectivity index (χ1v) is 12.7. The van der Waals surface area contributed by atoms with E-state index >= 15 is 0 Å². The summed E-state index contributed by atoms with van der Waals surface area (Å²) in [6, 6.07) is 16.2. The van der Waals surface area contributed by atoms with E-state index in [0.717, 1.165) is 43.5 Å². The summed E-state index contributed by atoms with van der Waals surface area (Å²) in [4.78, 5) is 38.4. The molecule has 7 heteroatoms. The zero-order valence-electron chi connectivity index (χ0n) is 19.7. The Morgan fingerprint density at radius 1 is 0.943 bits per heavy atom. The van der Waals surface area contributed by atoms with Gasteiger partial charge in [-0.3, -0.25) is 19.7 Å². The van der Waals surface area contributed by atoms with Gasteiger partial charge in [0.15, 0.2) is 17.9 Å². The van der Waals surface area contributed by atoms with Crippen molar-refractivity contribution in [1.29, 1.82) is 0 Å². The van der Waals surface area contributed by atoms with E-state index in [-0.39, 0.29) is 30.2 Å². The monoisotopic (exact) mass is 472 g/mol. The molecule has 35 heavy (non-hydrogen) atoms. The summed E-state index contributed by atoms with van der Waals surface area (Å²) >= 11 is 0. The summed E-state index contributed by atoms with van der Waals surface area (Å²) in [6.07, 6.45) is 6.20. The molecular weight excluding hydrogens is 442 g/mol. The molecule has 180 valence electrons. The SMILES string of the molecule is O=C1CCC(N2Cc3cc(O[C@H]4CCCCC4=[N+]4CCC4c4ccccc4)ccc3C2=O)C(=O)N1. The van der Waals surface area contributed by atoms with Crippen LogP contribution in [0, 0.1) is 0 Å². The molecule has 7 nitrogen and oxygen atoms in total. The molecule has 0 aromatic heterocycles. The van der Waals surface area contributed by atoms with Crippen molar-refractivity contribution in [2.45, 2.75) is 69.7 Å². The highest BCUT2D eigenvalue weighted by atomic mass is 16.5. The van der Waals surface area contributed by atoms with Crippen molar-refractivity contribution in [2.24, 2.45) is 0 Å². The van der Waals surface area contributed by atoms with Crippen LogP contribution in [0.4, 0.5) is 0 Å². The fourth-order valence-corrected chi connectivity index (χ4v) is 5.96. The van der Waals surface area contributed by atoms with Crippen LogP contribution in [0.2, 0.25) is 0 Å². The number of rotatable bonds is 4. The number of hydrogen-bond acceptors (Lipinski definition) is 4. The first-order valence-electron chi connectivity index (χ1n) is 12.7. The third kappa shape index (κ3) is 4.03. The van der Waals surface area contributed by atoms with Gasteiger partial charge in [0.05, 0.1) is 6.42 Å². The van der Waals surface area contributed by atoms with Crippen molar-refractivity contribution in [3.8, 4) is 5.75 Å². The Morgan fingerprint density at radius 3 is 2.57 bits per heavy atom. The average molecular weight is 473 g/mol. The molecule has 3 fully saturated rings. The molecule has 1 saturated carbocycles. The van der Waals surface area contributed by atoms with Gasteiger partial charge in [0.1, 0.15) is 18.3 Å². The molecule has 3 atom stereocenters. The molecule has 0 radical (unpaired) electrons. The summed E-state index contributed by atoms with van der Waals surface area (Å²) in [5.41, 5.74) is 4.24. The molecular formula is C28H30N3O4+. The van der Waals surface area contributed by atoms with Gasteiger partial charge in [-0.15, -0.1) is 0 Å². The van der Waals surface area contributed by atoms with Gasteiger partial charge >= 0.3 is 0 Å². The second-order valence-corrected chi connectivity index (χ2v) is 9.97. The number of carbonyl (C=O) groups excluding carboxylic acids is 3. The van der Waals surface area contributed by atoms with Crippen LogP contribution in [-0.2, 0) is 16.1 Å². The lowest BCUT2D eigenvalue weighted by molar-refractivity contribution is -0.635. The van der Waals surface area contributed by atoms with E-state index in [1.165, 1.54) is 17.7 Å². The van der Waals surface area contributed by atoms with Crippen LogP contribution in [-0.4, -0.2) is 51.6 Å². The van der Waals surface area contributed by atoms with Gasteiger partial charge in [-0.2, -0.15) is 0 Å². The van der Waals surface area contributed by atoms with Gasteiger partial charge in [-0.25, -0.2) is 4.58 Å². The third-order valence-corrected chi connectivity index (χ3v) is 7.87. The second-order valence-electron chi connectivity index (χ2n) is 9.97. The Balaban J connectivity index is 1.21. The maximum absolute atomic E-state index is 13.0. The molecule has 1 aliphatic carbocycles. The van der Waals surface area contributed by atoms with E-state index in [9.17, 15) is 14.4 Å². The molecule has 2 unspecified atom stereocenters. The van der Waals surface area contributed by atoms with Crippen LogP contribution in [0.3, 0.4) is 0 Å². The van der Waals surface area contributed by atoms with Gasteiger partial charge in [0.25, 0.3) is 5.91 Å². The minimum Gasteiger partial charge on any atom is -0.480 e. The van der Waals surface area contributed by atoms with E-state index in [2.05, 4.69) is 40.2 Å². The summed E-state index contributed by atoms with van der Waals surface area (Å²) < 4.78 is 9.08. The van der Waals surface area contributed by atoms with Gasteiger partial charge in [-0.05, 0) is 49.4 Å². The van der Waals surface area contributed by atoms with Crippen LogP contribution in [0.25, 0.3) is 0 Å². The number of nitrogens with zero attached hydrogens (tertiary/aromatic N) is 2. The van der Waals surface area contributed by atoms with Crippen molar-refractivity contribution in [3.63, 3.8) is 0 Å². The van der Waals surface area contributed by atoms with Crippen LogP contribution in [0.5, 0.6) is 5.75 Å². The number of piperidine rings is 1. The maximum atomic E-state index is 13.0. The number of ether oxygens (including phenoxy) is 1. The molecule has 3 heterocycles. The molecule has 0 spiro atoms. The maximum Gasteiger partial charge on any atom is 0.255 e. The first kappa shape index (κ1) is 22.0. The van der Waals surface area contributed by atoms with Crippen molar-refractivity contribution < 1.29 is 23.7 Å². The highest BCUT2D eigenvalue weighted by Gasteiger charge is 2.42. The summed E-state index contributed by atoms with van der Waals surface area (Å²) in [5, 5.41) is 2.36. The Kier molecular flexibility index (Phi) is 5.63. The van der Waals surface area contributed by atoms with Crippen LogP contribution in [0.1, 0.15) is 72.5 Å². The number of amides is 3. The number of fused-ring (bicyclic) bond motifs is 1. The molecule has 2 aromatic rings. The van der Waals surface area contributed by atoms with E-state index in [1.54, 1.807) is 4.90 Å². The highest BCUT2D eigenvalue weighted by Crippen LogP contribution is 2.34. The Labute approximate surface area is 204 Å². The normalized spacial score (nSPS) is 28.4. The minimum absolute atomic E-state index is 0.0386. The standard InChI is InChI=1S/C28H29N3O4/c32-26-13-12-24(27(33)29-26)31-17-19-16-20(10-11-21(19)28(31)34)35-25-9-5-4-8-23(25)30-15-14-22(30)18-6-2-1-3-7-18/h1-3,6-7,10-11,16,22,24-25H,4-5,8-9,12-15,17H2/p+1/t22?,24?,25-/m0/s1. The second kappa shape index (κ2) is 8.95. The zero-order chi connectivity index (χ0) is 23.9. The van der Waals surface area contributed by atoms with E-state index in [1.807, 2.05) is 18.2 Å². The highest BCUT2D eigenvalue weighted by molar-refractivity contribution is 6.05. The van der Waals surface area contributed by atoms with Gasteiger partial charge in [-0.1, -0.05) is 30.3 Å². The number of imide groups is 1. The van der Waals surface area contributed by atoms with Crippen LogP contribution in [0.15, 0.2) is 48.5 Å². The Bertz CT molecular complexity index is 1220. The molecule has 6 rings (SSSR count). The van der Waals surface area contributed by atoms with Crippen molar-refractivity contribution in [2.75, 3.05) is 6.54 Å². The third-order valence-electron chi connectivity index (χ3n) is 7.87. The Morgan fingerprint density at radius 2 is 1.80 bits per heavy atom. The zero-order valence-corrected chi connectivity index (χ0v) is 19.7. The minimum atomic E-state index is -0.600. The number of benzene rings is 2. The van der Waals surface area contributed by atoms with E-state index in [0.29, 0.717) is 24.6 Å². The van der Waals surface area contributed by atoms with Gasteiger partial charge < -0.3 is 9.64 Å². The van der Waals surface area contributed by atoms with Gasteiger partial charge in [0, 0.05) is 30.5 Å². The van der Waals surface area contributed by atoms with E-state index in [4.69, 9.17) is 4.74 Å². The van der Waals surface area contributed by atoms with Crippen LogP contribution >= 0.6 is 0 Å². The quantitative estimate of drug-likeness (QED) is 0.547. The molecule has 1 N–H and O–H groups in total. The lowest BCUT2D eigenvalue weighted by atomic mass is 9.90. The lowest BCUT2D eigenvalue weighted by Crippen LogP contribution is -2.52. The number of hydrogen-bond donors (Lipinski definition) is 1. The topological polar surface area (TPSA) is 78.7 Å². The smallest absolute Gasteiger partial charge is 0.255 e. The van der Waals surface area contributed by atoms with E-state index < -0.39 is 6.04 Å². The fourth-order valence-electron chi connectivity index (χ4n) is 5.96. The predicted octanol–water partition coefficient (Wildman–Crippen LogP) is 3.37. The number of carbonyl (C=O) groups is 3. The Hall–Kier alpha value is -3.48. The van der Waals surface area contributed by atoms with Crippen molar-refractivity contribution in [1.82, 2.24) is 10.2 Å². The molecule has 3 amide bonds. The first-order chi connectivity index (χ1) is 17.1. The van der Waals surface area contributed by atoms with Crippen LogP contribution < -0.4 is 10.1 Å². The van der Waals surface area contributed by atoms with Crippen molar-refractivity contribution >= 4 is 23.4 Å². The summed E-state index contributed by atoms with van der Waals surface area (Å²) in [6.45, 7) is 1.43. The van der Waals surface area contributed by atoms with Gasteiger partial charge in [0.2, 0.25) is 11.8 Å². The molecule has 2 aromatic carbocycles. The lowest BCUT2D eigenvalue weighted by Gasteiger charge is -2.32. The largest absolute Gasteiger partial charge is 0.480 e. The predicted molar refractivity (Wildman–Crippen MR) is 129 cm³/mol. The molecule has 4 aliphatic rings. The van der Waals surface area contributed by atoms with Crippen molar-refractivity contribution in [3.05, 3.63) is 65.2 Å².